The van der Waals surface area contributed by atoms with E-state index in [0.29, 0.717) is 5.92 Å². The van der Waals surface area contributed by atoms with Gasteiger partial charge in [-0.2, -0.15) is 0 Å². The zero-order chi connectivity index (χ0) is 11.1. The molecule has 0 aromatic heterocycles. The van der Waals surface area contributed by atoms with Crippen LogP contribution < -0.4 is 4.90 Å². The van der Waals surface area contributed by atoms with Crippen molar-refractivity contribution in [3.8, 4) is 0 Å². The summed E-state index contributed by atoms with van der Waals surface area (Å²) in [5.41, 5.74) is 3.95. The highest BCUT2D eigenvalue weighted by molar-refractivity contribution is 5.61. The minimum absolute atomic E-state index is 0.171. The molecule has 2 aliphatic rings. The Balaban J connectivity index is 2.07. The van der Waals surface area contributed by atoms with Crippen molar-refractivity contribution in [3.63, 3.8) is 0 Å². The summed E-state index contributed by atoms with van der Waals surface area (Å²) in [4.78, 5) is 2.24. The lowest BCUT2D eigenvalue weighted by atomic mass is 9.80. The molecule has 0 saturated carbocycles. The molecule has 2 heteroatoms. The average molecular weight is 215 g/mol. The Morgan fingerprint density at radius 3 is 3.00 bits per heavy atom. The highest BCUT2D eigenvalue weighted by atomic mass is 16.3. The van der Waals surface area contributed by atoms with E-state index in [9.17, 15) is 5.11 Å². The lowest BCUT2D eigenvalue weighted by Gasteiger charge is -2.40. The largest absolute Gasteiger partial charge is 0.392 e. The van der Waals surface area contributed by atoms with E-state index in [2.05, 4.69) is 42.3 Å². The molecule has 1 N–H and O–H groups in total. The van der Waals surface area contributed by atoms with Gasteiger partial charge in [0, 0.05) is 24.4 Å². The molecule has 1 aliphatic carbocycles. The second-order valence-electron chi connectivity index (χ2n) is 4.77. The smallest absolute Gasteiger partial charge is 0.0629 e. The molecule has 1 aliphatic heterocycles. The first-order valence-electron chi connectivity index (χ1n) is 5.97. The number of aliphatic hydroxyl groups excluding tert-OH is 1. The van der Waals surface area contributed by atoms with E-state index >= 15 is 0 Å². The molecule has 0 spiro atoms. The van der Waals surface area contributed by atoms with Gasteiger partial charge in [0.1, 0.15) is 0 Å². The third-order valence-electron chi connectivity index (χ3n) is 3.84. The molecule has 0 amide bonds. The van der Waals surface area contributed by atoms with Crippen LogP contribution in [0.3, 0.4) is 0 Å². The summed E-state index contributed by atoms with van der Waals surface area (Å²) in [7, 11) is 2.11. The number of aliphatic hydroxyl groups is 1. The first kappa shape index (κ1) is 9.91. The minimum Gasteiger partial charge on any atom is -0.392 e. The zero-order valence-corrected chi connectivity index (χ0v) is 9.56. The number of benzene rings is 1. The van der Waals surface area contributed by atoms with Crippen molar-refractivity contribution in [1.82, 2.24) is 0 Å². The molecule has 1 aromatic carbocycles. The summed E-state index contributed by atoms with van der Waals surface area (Å²) in [6, 6.07) is 8.49. The number of nitrogens with zero attached hydrogens (tertiary/aromatic N) is 1. The van der Waals surface area contributed by atoms with E-state index in [1.807, 2.05) is 0 Å². The zero-order valence-electron chi connectivity index (χ0n) is 9.56. The molecular weight excluding hydrogens is 198 g/mol. The summed E-state index contributed by atoms with van der Waals surface area (Å²) in [5.74, 6) is 0.300. The molecule has 1 heterocycles. The van der Waals surface area contributed by atoms with Gasteiger partial charge in [0.15, 0.2) is 0 Å². The van der Waals surface area contributed by atoms with E-state index in [1.165, 1.54) is 16.9 Å². The Kier molecular flexibility index (Phi) is 2.25. The topological polar surface area (TPSA) is 23.5 Å². The van der Waals surface area contributed by atoms with Gasteiger partial charge in [-0.15, -0.1) is 0 Å². The maximum atomic E-state index is 10.1. The summed E-state index contributed by atoms with van der Waals surface area (Å²) in [5, 5.41) is 10.1. The first-order valence-corrected chi connectivity index (χ1v) is 5.97. The lowest BCUT2D eigenvalue weighted by Crippen LogP contribution is -2.38. The highest BCUT2D eigenvalue weighted by Gasteiger charge is 2.33. The van der Waals surface area contributed by atoms with Gasteiger partial charge in [-0.3, -0.25) is 0 Å². The second-order valence-corrected chi connectivity index (χ2v) is 4.77. The molecule has 16 heavy (non-hydrogen) atoms. The quantitative estimate of drug-likeness (QED) is 0.718. The van der Waals surface area contributed by atoms with Crippen molar-refractivity contribution < 1.29 is 5.11 Å². The Hall–Kier alpha value is -1.28. The van der Waals surface area contributed by atoms with Crippen molar-refractivity contribution in [3.05, 3.63) is 41.6 Å². The molecule has 2 atom stereocenters. The third-order valence-corrected chi connectivity index (χ3v) is 3.84. The fourth-order valence-corrected chi connectivity index (χ4v) is 2.96. The molecule has 2 unspecified atom stereocenters. The molecule has 0 bridgehead atoms. The van der Waals surface area contributed by atoms with Gasteiger partial charge >= 0.3 is 0 Å². The van der Waals surface area contributed by atoms with Crippen LogP contribution in [0.1, 0.15) is 18.4 Å². The van der Waals surface area contributed by atoms with Crippen LogP contribution in [-0.4, -0.2) is 18.3 Å². The highest BCUT2D eigenvalue weighted by Crippen LogP contribution is 2.39. The van der Waals surface area contributed by atoms with Crippen LogP contribution in [0.15, 0.2) is 36.0 Å². The Bertz CT molecular complexity index is 438. The number of anilines is 1. The number of fused-ring (bicyclic) bond motifs is 2. The van der Waals surface area contributed by atoms with Gasteiger partial charge in [0.2, 0.25) is 0 Å². The van der Waals surface area contributed by atoms with Crippen molar-refractivity contribution in [2.75, 3.05) is 11.9 Å². The maximum Gasteiger partial charge on any atom is 0.0629 e. The number of hydrogen-bond acceptors (Lipinski definition) is 2. The van der Waals surface area contributed by atoms with E-state index in [4.69, 9.17) is 0 Å². The van der Waals surface area contributed by atoms with Gasteiger partial charge in [-0.25, -0.2) is 0 Å². The van der Waals surface area contributed by atoms with Crippen LogP contribution in [0.2, 0.25) is 0 Å². The van der Waals surface area contributed by atoms with Gasteiger partial charge in [0.05, 0.1) is 6.10 Å². The lowest BCUT2D eigenvalue weighted by molar-refractivity contribution is 0.107. The SMILES string of the molecule is CN1C2=CCCC(O)C2Cc2ccccc21. The molecule has 3 rings (SSSR count). The van der Waals surface area contributed by atoms with Gasteiger partial charge in [-0.05, 0) is 30.9 Å². The molecule has 2 nitrogen and oxygen atoms in total. The van der Waals surface area contributed by atoms with Gasteiger partial charge in [0.25, 0.3) is 0 Å². The van der Waals surface area contributed by atoms with Crippen molar-refractivity contribution >= 4 is 5.69 Å². The number of rotatable bonds is 0. The predicted molar refractivity (Wildman–Crippen MR) is 65.4 cm³/mol. The van der Waals surface area contributed by atoms with Crippen LogP contribution in [0.25, 0.3) is 0 Å². The van der Waals surface area contributed by atoms with Crippen LogP contribution >= 0.6 is 0 Å². The normalized spacial score (nSPS) is 28.1. The van der Waals surface area contributed by atoms with E-state index in [0.717, 1.165) is 19.3 Å². The third kappa shape index (κ3) is 1.37. The summed E-state index contributed by atoms with van der Waals surface area (Å²) >= 11 is 0. The summed E-state index contributed by atoms with van der Waals surface area (Å²) in [6.45, 7) is 0. The van der Waals surface area contributed by atoms with E-state index < -0.39 is 0 Å². The Morgan fingerprint density at radius 2 is 2.12 bits per heavy atom. The van der Waals surface area contributed by atoms with Gasteiger partial charge in [-0.1, -0.05) is 24.3 Å². The van der Waals surface area contributed by atoms with E-state index in [1.54, 1.807) is 0 Å². The average Bonchev–Trinajstić information content (AvgIpc) is 2.31. The molecule has 0 fully saturated rings. The molecule has 84 valence electrons. The number of allylic oxidation sites excluding steroid dienone is 1. The number of hydrogen-bond donors (Lipinski definition) is 1. The van der Waals surface area contributed by atoms with E-state index in [-0.39, 0.29) is 6.10 Å². The monoisotopic (exact) mass is 215 g/mol. The predicted octanol–water partition coefficient (Wildman–Crippen LogP) is 2.33. The van der Waals surface area contributed by atoms with Crippen molar-refractivity contribution in [2.24, 2.45) is 5.92 Å². The molecule has 1 aromatic rings. The molecule has 0 radical (unpaired) electrons. The van der Waals surface area contributed by atoms with Crippen molar-refractivity contribution in [2.45, 2.75) is 25.4 Å². The van der Waals surface area contributed by atoms with Crippen LogP contribution in [-0.2, 0) is 6.42 Å². The number of para-hydroxylation sites is 1. The Labute approximate surface area is 96.2 Å². The van der Waals surface area contributed by atoms with Crippen LogP contribution in [0, 0.1) is 5.92 Å². The fourth-order valence-electron chi connectivity index (χ4n) is 2.96. The maximum absolute atomic E-state index is 10.1. The van der Waals surface area contributed by atoms with Crippen molar-refractivity contribution in [1.29, 1.82) is 0 Å². The summed E-state index contributed by atoms with van der Waals surface area (Å²) < 4.78 is 0. The van der Waals surface area contributed by atoms with Gasteiger partial charge < -0.3 is 10.0 Å². The first-order chi connectivity index (χ1) is 7.77. The minimum atomic E-state index is -0.171. The van der Waals surface area contributed by atoms with Crippen LogP contribution in [0.5, 0.6) is 0 Å². The summed E-state index contributed by atoms with van der Waals surface area (Å²) in [6.07, 6.45) is 5.00. The molecule has 0 saturated heterocycles. The van der Waals surface area contributed by atoms with Crippen LogP contribution in [0.4, 0.5) is 5.69 Å². The Morgan fingerprint density at radius 1 is 1.31 bits per heavy atom. The fraction of sp³-hybridized carbons (Fsp3) is 0.429. The second kappa shape index (κ2) is 3.63. The molecular formula is C14H17NO. The standard InChI is InChI=1S/C14H17NO/c1-15-12-6-3-2-5-10(12)9-11-13(15)7-4-8-14(11)16/h2-3,5-7,11,14,16H,4,8-9H2,1H3.